The molecular weight excluding hydrogens is 232 g/mol. The minimum atomic E-state index is -0.349. The molecule has 3 aromatic heterocycles. The van der Waals surface area contributed by atoms with Crippen LogP contribution >= 0.6 is 0 Å². The Hall–Kier alpha value is -2.70. The Morgan fingerprint density at radius 1 is 1.22 bits per heavy atom. The number of aromatic amines is 1. The maximum absolute atomic E-state index is 11.4. The number of rotatable bonds is 3. The van der Waals surface area contributed by atoms with E-state index in [-0.39, 0.29) is 5.69 Å². The summed E-state index contributed by atoms with van der Waals surface area (Å²) in [5.41, 5.74) is 1.23. The minimum absolute atomic E-state index is 0.349. The lowest BCUT2D eigenvalue weighted by molar-refractivity contribution is 0.875. The Morgan fingerprint density at radius 2 is 2.06 bits per heavy atom. The SMILES string of the molecule is O=c1[nH]nc2ccc(NCc3ccncc3)nn12. The average Bonchev–Trinajstić information content (AvgIpc) is 2.79. The van der Waals surface area contributed by atoms with Gasteiger partial charge in [-0.25, -0.2) is 9.89 Å². The van der Waals surface area contributed by atoms with Crippen LogP contribution in [0.5, 0.6) is 0 Å². The van der Waals surface area contributed by atoms with Crippen molar-refractivity contribution in [1.29, 1.82) is 0 Å². The average molecular weight is 242 g/mol. The van der Waals surface area contributed by atoms with Gasteiger partial charge >= 0.3 is 5.69 Å². The third-order valence-corrected chi connectivity index (χ3v) is 2.50. The summed E-state index contributed by atoms with van der Waals surface area (Å²) in [5.74, 6) is 0.614. The minimum Gasteiger partial charge on any atom is -0.365 e. The van der Waals surface area contributed by atoms with Gasteiger partial charge < -0.3 is 5.32 Å². The Labute approximate surface area is 101 Å². The molecule has 0 aromatic carbocycles. The number of nitrogens with one attached hydrogen (secondary N) is 2. The van der Waals surface area contributed by atoms with E-state index in [0.717, 1.165) is 5.56 Å². The quantitative estimate of drug-likeness (QED) is 0.695. The zero-order valence-electron chi connectivity index (χ0n) is 9.37. The van der Waals surface area contributed by atoms with Crippen molar-refractivity contribution in [2.45, 2.75) is 6.54 Å². The molecule has 7 nitrogen and oxygen atoms in total. The molecule has 0 aliphatic rings. The summed E-state index contributed by atoms with van der Waals surface area (Å²) < 4.78 is 1.22. The summed E-state index contributed by atoms with van der Waals surface area (Å²) in [5, 5.41) is 13.4. The number of nitrogens with zero attached hydrogens (tertiary/aromatic N) is 4. The normalized spacial score (nSPS) is 10.7. The van der Waals surface area contributed by atoms with Gasteiger partial charge in [-0.05, 0) is 29.8 Å². The number of H-pyrrole nitrogens is 1. The van der Waals surface area contributed by atoms with Gasteiger partial charge in [-0.15, -0.1) is 5.10 Å². The van der Waals surface area contributed by atoms with Crippen LogP contribution in [0.4, 0.5) is 5.82 Å². The molecule has 0 saturated heterocycles. The van der Waals surface area contributed by atoms with Crippen LogP contribution < -0.4 is 11.0 Å². The molecule has 0 atom stereocenters. The summed E-state index contributed by atoms with van der Waals surface area (Å²) in [6.45, 7) is 0.619. The van der Waals surface area contributed by atoms with Crippen molar-refractivity contribution < 1.29 is 0 Å². The summed E-state index contributed by atoms with van der Waals surface area (Å²) >= 11 is 0. The van der Waals surface area contributed by atoms with Gasteiger partial charge in [0.15, 0.2) is 5.65 Å². The van der Waals surface area contributed by atoms with E-state index in [9.17, 15) is 4.79 Å². The molecule has 0 saturated carbocycles. The van der Waals surface area contributed by atoms with Gasteiger partial charge in [-0.1, -0.05) is 0 Å². The molecule has 2 N–H and O–H groups in total. The van der Waals surface area contributed by atoms with E-state index in [1.807, 2.05) is 12.1 Å². The Balaban J connectivity index is 1.83. The first-order chi connectivity index (χ1) is 8.83. The first kappa shape index (κ1) is 10.5. The van der Waals surface area contributed by atoms with E-state index in [1.165, 1.54) is 4.52 Å². The van der Waals surface area contributed by atoms with Crippen molar-refractivity contribution in [3.8, 4) is 0 Å². The second-order valence-electron chi connectivity index (χ2n) is 3.73. The van der Waals surface area contributed by atoms with Crippen LogP contribution in [0.2, 0.25) is 0 Å². The summed E-state index contributed by atoms with van der Waals surface area (Å²) in [7, 11) is 0. The van der Waals surface area contributed by atoms with Crippen molar-refractivity contribution in [3.05, 3.63) is 52.7 Å². The van der Waals surface area contributed by atoms with Crippen LogP contribution in [-0.2, 0) is 6.54 Å². The number of anilines is 1. The van der Waals surface area contributed by atoms with E-state index in [0.29, 0.717) is 18.0 Å². The van der Waals surface area contributed by atoms with Crippen LogP contribution in [0, 0.1) is 0 Å². The van der Waals surface area contributed by atoms with Crippen LogP contribution in [0.3, 0.4) is 0 Å². The van der Waals surface area contributed by atoms with Gasteiger partial charge in [0.2, 0.25) is 0 Å². The zero-order chi connectivity index (χ0) is 12.4. The molecule has 0 bridgehead atoms. The second kappa shape index (κ2) is 4.28. The first-order valence-corrected chi connectivity index (χ1v) is 5.40. The number of pyridine rings is 1. The molecule has 0 unspecified atom stereocenters. The topological polar surface area (TPSA) is 88.0 Å². The fourth-order valence-corrected chi connectivity index (χ4v) is 1.59. The zero-order valence-corrected chi connectivity index (χ0v) is 9.37. The second-order valence-corrected chi connectivity index (χ2v) is 3.73. The van der Waals surface area contributed by atoms with E-state index in [2.05, 4.69) is 25.6 Å². The molecule has 0 aliphatic heterocycles. The highest BCUT2D eigenvalue weighted by Gasteiger charge is 2.02. The maximum atomic E-state index is 11.4. The van der Waals surface area contributed by atoms with Gasteiger partial charge in [0.05, 0.1) is 0 Å². The number of aromatic nitrogens is 5. The molecule has 7 heteroatoms. The highest BCUT2D eigenvalue weighted by molar-refractivity contribution is 5.43. The third kappa shape index (κ3) is 1.93. The Kier molecular flexibility index (Phi) is 2.49. The van der Waals surface area contributed by atoms with E-state index in [1.54, 1.807) is 24.5 Å². The van der Waals surface area contributed by atoms with Gasteiger partial charge in [0.25, 0.3) is 0 Å². The number of hydrogen-bond acceptors (Lipinski definition) is 5. The fourth-order valence-electron chi connectivity index (χ4n) is 1.59. The molecule has 0 fully saturated rings. The molecule has 18 heavy (non-hydrogen) atoms. The third-order valence-electron chi connectivity index (χ3n) is 2.50. The van der Waals surface area contributed by atoms with Gasteiger partial charge in [0.1, 0.15) is 5.82 Å². The highest BCUT2D eigenvalue weighted by Crippen LogP contribution is 2.05. The molecule has 0 amide bonds. The molecular formula is C11H10N6O. The van der Waals surface area contributed by atoms with Crippen LogP contribution in [0.15, 0.2) is 41.5 Å². The van der Waals surface area contributed by atoms with E-state index in [4.69, 9.17) is 0 Å². The van der Waals surface area contributed by atoms with Crippen molar-refractivity contribution >= 4 is 11.5 Å². The predicted octanol–water partition coefficient (Wildman–Crippen LogP) is 0.425. The lowest BCUT2D eigenvalue weighted by atomic mass is 10.3. The van der Waals surface area contributed by atoms with Crippen LogP contribution in [-0.4, -0.2) is 24.8 Å². The molecule has 90 valence electrons. The standard InChI is InChI=1S/C11H10N6O/c18-11-15-14-10-2-1-9(16-17(10)11)13-7-8-3-5-12-6-4-8/h1-6H,7H2,(H,13,16)(H,15,18). The molecule has 0 aliphatic carbocycles. The Bertz CT molecular complexity index is 717. The first-order valence-electron chi connectivity index (χ1n) is 5.40. The summed E-state index contributed by atoms with van der Waals surface area (Å²) in [4.78, 5) is 15.3. The number of fused-ring (bicyclic) bond motifs is 1. The summed E-state index contributed by atoms with van der Waals surface area (Å²) in [6.07, 6.45) is 3.46. The van der Waals surface area contributed by atoms with Crippen LogP contribution in [0.1, 0.15) is 5.56 Å². The Morgan fingerprint density at radius 3 is 2.89 bits per heavy atom. The monoisotopic (exact) mass is 242 g/mol. The molecule has 0 spiro atoms. The molecule has 3 aromatic rings. The largest absolute Gasteiger partial charge is 0.365 e. The number of hydrogen-bond donors (Lipinski definition) is 2. The molecule has 0 radical (unpaired) electrons. The van der Waals surface area contributed by atoms with Gasteiger partial charge in [0, 0.05) is 18.9 Å². The van der Waals surface area contributed by atoms with Crippen LogP contribution in [0.25, 0.3) is 5.65 Å². The summed E-state index contributed by atoms with van der Waals surface area (Å²) in [6, 6.07) is 7.32. The van der Waals surface area contributed by atoms with Crippen molar-refractivity contribution in [2.75, 3.05) is 5.32 Å². The maximum Gasteiger partial charge on any atom is 0.364 e. The fraction of sp³-hybridized carbons (Fsp3) is 0.0909. The van der Waals surface area contributed by atoms with E-state index >= 15 is 0 Å². The predicted molar refractivity (Wildman–Crippen MR) is 65.2 cm³/mol. The van der Waals surface area contributed by atoms with Gasteiger partial charge in [-0.2, -0.15) is 9.61 Å². The lowest BCUT2D eigenvalue weighted by Gasteiger charge is -2.04. The van der Waals surface area contributed by atoms with Crippen molar-refractivity contribution in [1.82, 2.24) is 24.8 Å². The highest BCUT2D eigenvalue weighted by atomic mass is 16.2. The van der Waals surface area contributed by atoms with Gasteiger partial charge in [-0.3, -0.25) is 4.98 Å². The van der Waals surface area contributed by atoms with Crippen molar-refractivity contribution in [2.24, 2.45) is 0 Å². The lowest BCUT2D eigenvalue weighted by Crippen LogP contribution is -2.13. The smallest absolute Gasteiger partial charge is 0.364 e. The molecule has 3 heterocycles. The van der Waals surface area contributed by atoms with E-state index < -0.39 is 0 Å². The molecule has 3 rings (SSSR count). The van der Waals surface area contributed by atoms with Crippen molar-refractivity contribution in [3.63, 3.8) is 0 Å².